The first-order chi connectivity index (χ1) is 34.9. The Morgan fingerprint density at radius 1 is 0.380 bits per heavy atom. The second-order valence-corrected chi connectivity index (χ2v) is 17.5. The Balaban J connectivity index is 0.00000334. The summed E-state index contributed by atoms with van der Waals surface area (Å²) >= 11 is 0. The third-order valence-corrected chi connectivity index (χ3v) is 12.5. The number of aryl methyl sites for hydroxylation is 2. The normalized spacial score (nSPS) is 11.4. The van der Waals surface area contributed by atoms with Gasteiger partial charge in [-0.15, -0.1) is 0 Å². The van der Waals surface area contributed by atoms with Crippen LogP contribution in [-0.4, -0.2) is 0 Å². The van der Waals surface area contributed by atoms with Crippen molar-refractivity contribution in [2.75, 3.05) is 9.80 Å². The smallest absolute Gasteiger partial charge is 0.0462 e. The molecule has 0 spiro atoms. The van der Waals surface area contributed by atoms with Gasteiger partial charge in [-0.25, -0.2) is 0 Å². The van der Waals surface area contributed by atoms with Gasteiger partial charge < -0.3 is 9.80 Å². The summed E-state index contributed by atoms with van der Waals surface area (Å²) in [6, 6.07) is 85.1. The minimum Gasteiger partial charge on any atom is -0.311 e. The molecule has 0 aliphatic rings. The van der Waals surface area contributed by atoms with Crippen LogP contribution in [-0.2, 0) is 0 Å². The minimum atomic E-state index is 1.01. The maximum Gasteiger partial charge on any atom is 0.0462 e. The molecule has 0 N–H and O–H groups in total. The van der Waals surface area contributed by atoms with Crippen LogP contribution < -0.4 is 9.80 Å². The van der Waals surface area contributed by atoms with Crippen LogP contribution in [0, 0.1) is 13.8 Å². The topological polar surface area (TPSA) is 6.48 Å². The van der Waals surface area contributed by atoms with Gasteiger partial charge in [-0.1, -0.05) is 214 Å². The molecule has 9 aromatic carbocycles. The summed E-state index contributed by atoms with van der Waals surface area (Å²) in [6.07, 6.45) is 12.2. The summed E-state index contributed by atoms with van der Waals surface area (Å²) in [5, 5.41) is 0. The van der Waals surface area contributed by atoms with Gasteiger partial charge in [0.25, 0.3) is 0 Å². The largest absolute Gasteiger partial charge is 0.311 e. The van der Waals surface area contributed by atoms with Gasteiger partial charge in [0, 0.05) is 34.1 Å². The average Bonchev–Trinajstić information content (AvgIpc) is 3.43. The molecule has 71 heavy (non-hydrogen) atoms. The van der Waals surface area contributed by atoms with Crippen molar-refractivity contribution in [3.63, 3.8) is 0 Å². The first-order valence-electron chi connectivity index (χ1n) is 25.0. The highest BCUT2D eigenvalue weighted by Gasteiger charge is 2.16. The van der Waals surface area contributed by atoms with Crippen LogP contribution >= 0.6 is 0 Å². The summed E-state index contributed by atoms with van der Waals surface area (Å²) in [6.45, 7) is 12.6. The van der Waals surface area contributed by atoms with Gasteiger partial charge in [0.05, 0.1) is 0 Å². The predicted octanol–water partition coefficient (Wildman–Crippen LogP) is 20.0. The monoisotopic (exact) mass is 921 g/mol. The third-order valence-electron chi connectivity index (χ3n) is 12.5. The van der Waals surface area contributed by atoms with Crippen molar-refractivity contribution in [2.24, 2.45) is 0 Å². The fourth-order valence-electron chi connectivity index (χ4n) is 8.71. The van der Waals surface area contributed by atoms with Crippen molar-refractivity contribution in [1.29, 1.82) is 0 Å². The van der Waals surface area contributed by atoms with E-state index in [9.17, 15) is 0 Å². The van der Waals surface area contributed by atoms with Crippen LogP contribution in [0.15, 0.2) is 260 Å². The molecule has 0 unspecified atom stereocenters. The molecule has 0 amide bonds. The highest BCUT2D eigenvalue weighted by atomic mass is 15.1. The molecule has 350 valence electrons. The number of anilines is 6. The summed E-state index contributed by atoms with van der Waals surface area (Å²) in [5.74, 6) is 0. The first kappa shape index (κ1) is 49.0. The predicted molar refractivity (Wildman–Crippen MR) is 309 cm³/mol. The van der Waals surface area contributed by atoms with Crippen LogP contribution in [0.4, 0.5) is 34.1 Å². The summed E-state index contributed by atoms with van der Waals surface area (Å²) in [4.78, 5) is 4.67. The van der Waals surface area contributed by atoms with E-state index in [1.165, 1.54) is 44.5 Å². The standard InChI is InChI=1S/C67H58N2.C2H6/c1-5-6-10-17-52(4)66(57-18-11-7-12-19-57)48-53-28-40-62(41-29-53)68(60-36-24-50(2)25-37-60)64-44-32-55(33-45-64)56-34-46-65(47-35-56)69(61-38-26-51(3)27-39-61)63-42-30-54(31-43-63)49-67(58-20-13-8-14-21-58)59-22-15-9-16-23-59;1-2/h6-49H,5H2,1-4H3;1-2H3/b10-6-,52-17+,66-48-;. The van der Waals surface area contributed by atoms with Gasteiger partial charge in [-0.2, -0.15) is 0 Å². The van der Waals surface area contributed by atoms with Crippen molar-refractivity contribution >= 4 is 57.4 Å². The third kappa shape index (κ3) is 12.4. The van der Waals surface area contributed by atoms with Crippen LogP contribution in [0.3, 0.4) is 0 Å². The zero-order chi connectivity index (χ0) is 49.4. The molecule has 9 rings (SSSR count). The quantitative estimate of drug-likeness (QED) is 0.0747. The van der Waals surface area contributed by atoms with Crippen LogP contribution in [0.2, 0.25) is 0 Å². The summed E-state index contributed by atoms with van der Waals surface area (Å²) in [5.41, 5.74) is 20.9. The number of hydrogen-bond donors (Lipinski definition) is 0. The molecule has 0 saturated carbocycles. The van der Waals surface area contributed by atoms with Crippen molar-refractivity contribution in [1.82, 2.24) is 0 Å². The Labute approximate surface area is 423 Å². The Hall–Kier alpha value is -8.46. The molecular formula is C69H64N2. The summed E-state index contributed by atoms with van der Waals surface area (Å²) in [7, 11) is 0. The summed E-state index contributed by atoms with van der Waals surface area (Å²) < 4.78 is 0. The molecule has 2 nitrogen and oxygen atoms in total. The molecular weight excluding hydrogens is 857 g/mol. The molecule has 2 heteroatoms. The Morgan fingerprint density at radius 2 is 0.704 bits per heavy atom. The number of rotatable bonds is 15. The van der Waals surface area contributed by atoms with Gasteiger partial charge in [0.2, 0.25) is 0 Å². The van der Waals surface area contributed by atoms with Gasteiger partial charge in [0.15, 0.2) is 0 Å². The fraction of sp³-hybridized carbons (Fsp3) is 0.101. The van der Waals surface area contributed by atoms with Gasteiger partial charge in [-0.3, -0.25) is 0 Å². The van der Waals surface area contributed by atoms with E-state index in [1.807, 2.05) is 13.8 Å². The van der Waals surface area contributed by atoms with Crippen LogP contribution in [0.1, 0.15) is 73.1 Å². The zero-order valence-corrected chi connectivity index (χ0v) is 42.0. The van der Waals surface area contributed by atoms with E-state index in [-0.39, 0.29) is 0 Å². The maximum absolute atomic E-state index is 2.34. The highest BCUT2D eigenvalue weighted by molar-refractivity contribution is 5.93. The van der Waals surface area contributed by atoms with Gasteiger partial charge in [0.1, 0.15) is 0 Å². The van der Waals surface area contributed by atoms with Crippen molar-refractivity contribution in [3.8, 4) is 11.1 Å². The Bertz CT molecular complexity index is 3140. The lowest BCUT2D eigenvalue weighted by atomic mass is 9.95. The molecule has 0 saturated heterocycles. The molecule has 9 aromatic rings. The lowest BCUT2D eigenvalue weighted by Crippen LogP contribution is -2.10. The molecule has 0 aliphatic carbocycles. The molecule has 0 bridgehead atoms. The van der Waals surface area contributed by atoms with Crippen molar-refractivity contribution in [3.05, 3.63) is 299 Å². The number of allylic oxidation sites excluding steroid dienone is 5. The van der Waals surface area contributed by atoms with E-state index >= 15 is 0 Å². The second kappa shape index (κ2) is 24.2. The zero-order valence-electron chi connectivity index (χ0n) is 42.0. The lowest BCUT2D eigenvalue weighted by molar-refractivity contribution is 1.22. The highest BCUT2D eigenvalue weighted by Crippen LogP contribution is 2.39. The molecule has 0 aliphatic heterocycles. The minimum absolute atomic E-state index is 1.01. The van der Waals surface area contributed by atoms with E-state index in [4.69, 9.17) is 0 Å². The SMILES string of the molecule is CC.CC\C=C/C=C(C)/C(=C/c1ccc(N(c2ccc(C)cc2)c2ccc(-c3ccc(N(c4ccc(C)cc4)c4ccc(C=C(c5ccccc5)c5ccccc5)cc4)cc3)cc2)cc1)c1ccccc1. The van der Waals surface area contributed by atoms with E-state index in [1.54, 1.807) is 0 Å². The number of benzene rings is 9. The lowest BCUT2D eigenvalue weighted by Gasteiger charge is -2.26. The Kier molecular flexibility index (Phi) is 16.7. The first-order valence-corrected chi connectivity index (χ1v) is 25.0. The fourth-order valence-corrected chi connectivity index (χ4v) is 8.71. The van der Waals surface area contributed by atoms with Crippen molar-refractivity contribution < 1.29 is 0 Å². The van der Waals surface area contributed by atoms with Crippen LogP contribution in [0.25, 0.3) is 34.4 Å². The number of hydrogen-bond acceptors (Lipinski definition) is 2. The van der Waals surface area contributed by atoms with Gasteiger partial charge in [-0.05, 0) is 168 Å². The molecule has 0 aromatic heterocycles. The Morgan fingerprint density at radius 3 is 1.07 bits per heavy atom. The maximum atomic E-state index is 2.34. The van der Waals surface area contributed by atoms with E-state index in [0.29, 0.717) is 0 Å². The molecule has 0 heterocycles. The second-order valence-electron chi connectivity index (χ2n) is 17.5. The van der Waals surface area contributed by atoms with E-state index < -0.39 is 0 Å². The van der Waals surface area contributed by atoms with Crippen molar-refractivity contribution in [2.45, 2.75) is 48.0 Å². The molecule has 0 radical (unpaired) electrons. The van der Waals surface area contributed by atoms with Gasteiger partial charge >= 0.3 is 0 Å². The van der Waals surface area contributed by atoms with Crippen LogP contribution in [0.5, 0.6) is 0 Å². The number of nitrogens with zero attached hydrogens (tertiary/aromatic N) is 2. The van der Waals surface area contributed by atoms with E-state index in [2.05, 4.69) is 304 Å². The molecule has 0 atom stereocenters. The molecule has 0 fully saturated rings. The average molecular weight is 921 g/mol. The van der Waals surface area contributed by atoms with E-state index in [0.717, 1.165) is 62.8 Å².